The van der Waals surface area contributed by atoms with Crippen molar-refractivity contribution in [3.8, 4) is 0 Å². The van der Waals surface area contributed by atoms with Crippen LogP contribution in [0.15, 0.2) is 9.98 Å². The van der Waals surface area contributed by atoms with Gasteiger partial charge >= 0.3 is 0 Å². The number of nitrogens with one attached hydrogen (secondary N) is 1. The van der Waals surface area contributed by atoms with Crippen LogP contribution in [0.25, 0.3) is 0 Å². The second-order valence-electron chi connectivity index (χ2n) is 3.65. The molecule has 0 amide bonds. The molecule has 0 spiro atoms. The Morgan fingerprint density at radius 1 is 1.54 bits per heavy atom. The minimum atomic E-state index is 0.498. The van der Waals surface area contributed by atoms with Crippen LogP contribution in [0.5, 0.6) is 0 Å². The summed E-state index contributed by atoms with van der Waals surface area (Å²) in [5.74, 6) is 0.728. The van der Waals surface area contributed by atoms with Crippen LogP contribution in [0.1, 0.15) is 27.2 Å². The van der Waals surface area contributed by atoms with Crippen LogP contribution < -0.4 is 5.32 Å². The summed E-state index contributed by atoms with van der Waals surface area (Å²) in [6, 6.07) is 0.498. The van der Waals surface area contributed by atoms with Crippen molar-refractivity contribution in [1.82, 2.24) is 4.98 Å². The van der Waals surface area contributed by atoms with E-state index in [1.54, 1.807) is 11.3 Å². The Labute approximate surface area is 91.9 Å². The van der Waals surface area contributed by atoms with Gasteiger partial charge in [0.25, 0.3) is 0 Å². The topological polar surface area (TPSA) is 24.9 Å². The van der Waals surface area contributed by atoms with Gasteiger partial charge in [0.15, 0.2) is 5.13 Å². The third kappa shape index (κ3) is 4.09. The van der Waals surface area contributed by atoms with Gasteiger partial charge in [-0.2, -0.15) is 0 Å². The van der Waals surface area contributed by atoms with Crippen molar-refractivity contribution in [1.29, 1.82) is 0 Å². The number of halogens is 1. The minimum Gasteiger partial charge on any atom is -0.359 e. The van der Waals surface area contributed by atoms with E-state index in [2.05, 4.69) is 47.0 Å². The average molecular weight is 263 g/mol. The molecule has 1 aromatic heterocycles. The standard InChI is InChI=1S/C9H15BrN2S/c1-6(2)4-7(3)11-9-12-8(10)5-13-9/h5-7H,4H2,1-3H3,(H,11,12). The predicted octanol–water partition coefficient (Wildman–Crippen LogP) is 3.75. The van der Waals surface area contributed by atoms with E-state index in [0.717, 1.165) is 15.7 Å². The lowest BCUT2D eigenvalue weighted by atomic mass is 10.1. The first-order valence-electron chi connectivity index (χ1n) is 4.45. The van der Waals surface area contributed by atoms with Gasteiger partial charge in [-0.1, -0.05) is 13.8 Å². The summed E-state index contributed by atoms with van der Waals surface area (Å²) in [6.45, 7) is 6.65. The van der Waals surface area contributed by atoms with Crippen LogP contribution in [-0.4, -0.2) is 11.0 Å². The quantitative estimate of drug-likeness (QED) is 0.894. The molecule has 1 unspecified atom stereocenters. The molecule has 0 bridgehead atoms. The summed E-state index contributed by atoms with van der Waals surface area (Å²) in [5, 5.41) is 6.36. The fourth-order valence-corrected chi connectivity index (χ4v) is 2.55. The molecular weight excluding hydrogens is 248 g/mol. The Morgan fingerprint density at radius 2 is 2.23 bits per heavy atom. The SMILES string of the molecule is CC(C)CC(C)Nc1nc(Br)cs1. The van der Waals surface area contributed by atoms with E-state index in [9.17, 15) is 0 Å². The fourth-order valence-electron chi connectivity index (χ4n) is 1.30. The number of nitrogens with zero attached hydrogens (tertiary/aromatic N) is 1. The van der Waals surface area contributed by atoms with E-state index in [4.69, 9.17) is 0 Å². The van der Waals surface area contributed by atoms with Gasteiger partial charge in [-0.3, -0.25) is 0 Å². The summed E-state index contributed by atoms with van der Waals surface area (Å²) in [5.41, 5.74) is 0. The van der Waals surface area contributed by atoms with Crippen LogP contribution in [0.2, 0.25) is 0 Å². The summed E-state index contributed by atoms with van der Waals surface area (Å²) in [6.07, 6.45) is 1.18. The molecule has 4 heteroatoms. The Hall–Kier alpha value is -0.0900. The van der Waals surface area contributed by atoms with Crippen LogP contribution in [0, 0.1) is 5.92 Å². The number of rotatable bonds is 4. The fraction of sp³-hybridized carbons (Fsp3) is 0.667. The van der Waals surface area contributed by atoms with Crippen molar-refractivity contribution in [2.45, 2.75) is 33.2 Å². The van der Waals surface area contributed by atoms with Crippen molar-refractivity contribution in [2.24, 2.45) is 5.92 Å². The second-order valence-corrected chi connectivity index (χ2v) is 5.32. The first-order chi connectivity index (χ1) is 6.08. The molecule has 2 nitrogen and oxygen atoms in total. The summed E-state index contributed by atoms with van der Waals surface area (Å²) >= 11 is 4.97. The van der Waals surface area contributed by atoms with Gasteiger partial charge in [0.2, 0.25) is 0 Å². The molecule has 0 radical (unpaired) electrons. The highest BCUT2D eigenvalue weighted by molar-refractivity contribution is 9.10. The molecule has 1 atom stereocenters. The van der Waals surface area contributed by atoms with Crippen molar-refractivity contribution in [3.05, 3.63) is 9.98 Å². The van der Waals surface area contributed by atoms with E-state index in [-0.39, 0.29) is 0 Å². The van der Waals surface area contributed by atoms with Crippen LogP contribution in [-0.2, 0) is 0 Å². The highest BCUT2D eigenvalue weighted by Crippen LogP contribution is 2.21. The van der Waals surface area contributed by atoms with E-state index in [0.29, 0.717) is 6.04 Å². The average Bonchev–Trinajstić information content (AvgIpc) is 2.33. The zero-order chi connectivity index (χ0) is 9.84. The Balaban J connectivity index is 2.40. The molecule has 1 rings (SSSR count). The number of hydrogen-bond donors (Lipinski definition) is 1. The number of hydrogen-bond acceptors (Lipinski definition) is 3. The van der Waals surface area contributed by atoms with Gasteiger partial charge < -0.3 is 5.32 Å². The molecule has 0 aromatic carbocycles. The predicted molar refractivity (Wildman–Crippen MR) is 62.4 cm³/mol. The van der Waals surface area contributed by atoms with Gasteiger partial charge in [0.05, 0.1) is 0 Å². The molecule has 0 fully saturated rings. The maximum absolute atomic E-state index is 4.28. The minimum absolute atomic E-state index is 0.498. The lowest BCUT2D eigenvalue weighted by Crippen LogP contribution is -2.17. The first-order valence-corrected chi connectivity index (χ1v) is 6.12. The van der Waals surface area contributed by atoms with Gasteiger partial charge in [-0.15, -0.1) is 11.3 Å². The highest BCUT2D eigenvalue weighted by Gasteiger charge is 2.06. The zero-order valence-electron chi connectivity index (χ0n) is 8.17. The third-order valence-corrected chi connectivity index (χ3v) is 3.15. The summed E-state index contributed by atoms with van der Waals surface area (Å²) in [7, 11) is 0. The maximum atomic E-state index is 4.28. The Morgan fingerprint density at radius 3 is 2.69 bits per heavy atom. The normalized spacial score (nSPS) is 13.3. The van der Waals surface area contributed by atoms with Crippen molar-refractivity contribution in [3.63, 3.8) is 0 Å². The summed E-state index contributed by atoms with van der Waals surface area (Å²) < 4.78 is 0.914. The largest absolute Gasteiger partial charge is 0.359 e. The molecule has 0 aliphatic rings. The molecule has 1 aromatic rings. The maximum Gasteiger partial charge on any atom is 0.183 e. The Kier molecular flexibility index (Phi) is 4.19. The van der Waals surface area contributed by atoms with E-state index >= 15 is 0 Å². The van der Waals surface area contributed by atoms with Gasteiger partial charge in [-0.25, -0.2) is 4.98 Å². The van der Waals surface area contributed by atoms with Gasteiger partial charge in [-0.05, 0) is 35.2 Å². The van der Waals surface area contributed by atoms with Crippen LogP contribution in [0.3, 0.4) is 0 Å². The zero-order valence-corrected chi connectivity index (χ0v) is 10.6. The molecule has 0 saturated carbocycles. The Bertz CT molecular complexity index is 260. The summed E-state index contributed by atoms with van der Waals surface area (Å²) in [4.78, 5) is 4.28. The monoisotopic (exact) mass is 262 g/mol. The first kappa shape index (κ1) is 11.0. The molecule has 74 valence electrons. The third-order valence-electron chi connectivity index (χ3n) is 1.67. The highest BCUT2D eigenvalue weighted by atomic mass is 79.9. The van der Waals surface area contributed by atoms with Crippen LogP contribution >= 0.6 is 27.3 Å². The van der Waals surface area contributed by atoms with E-state index in [1.807, 2.05) is 5.38 Å². The molecule has 0 saturated heterocycles. The number of aromatic nitrogens is 1. The van der Waals surface area contributed by atoms with E-state index in [1.165, 1.54) is 6.42 Å². The molecule has 0 aliphatic heterocycles. The molecule has 13 heavy (non-hydrogen) atoms. The molecule has 1 N–H and O–H groups in total. The lowest BCUT2D eigenvalue weighted by Gasteiger charge is -2.14. The smallest absolute Gasteiger partial charge is 0.183 e. The second kappa shape index (κ2) is 4.96. The molecule has 0 aliphatic carbocycles. The lowest BCUT2D eigenvalue weighted by molar-refractivity contribution is 0.539. The van der Waals surface area contributed by atoms with Crippen molar-refractivity contribution < 1.29 is 0 Å². The van der Waals surface area contributed by atoms with Crippen molar-refractivity contribution in [2.75, 3.05) is 5.32 Å². The van der Waals surface area contributed by atoms with Crippen LogP contribution in [0.4, 0.5) is 5.13 Å². The number of thiazole rings is 1. The van der Waals surface area contributed by atoms with E-state index < -0.39 is 0 Å². The van der Waals surface area contributed by atoms with Gasteiger partial charge in [0, 0.05) is 11.4 Å². The number of anilines is 1. The van der Waals surface area contributed by atoms with Crippen molar-refractivity contribution >= 4 is 32.4 Å². The molecule has 1 heterocycles. The van der Waals surface area contributed by atoms with Gasteiger partial charge in [0.1, 0.15) is 4.60 Å². The molecular formula is C9H15BrN2S.